The Balaban J connectivity index is 2.21. The van der Waals surface area contributed by atoms with Gasteiger partial charge in [-0.3, -0.25) is 4.79 Å². The third kappa shape index (κ3) is 7.89. The van der Waals surface area contributed by atoms with E-state index in [0.29, 0.717) is 6.42 Å². The first-order valence-electron chi connectivity index (χ1n) is 8.56. The molecule has 0 N–H and O–H groups in total. The van der Waals surface area contributed by atoms with Crippen molar-refractivity contribution >= 4 is 5.97 Å². The Kier molecular flexibility index (Phi) is 9.60. The van der Waals surface area contributed by atoms with Gasteiger partial charge in [-0.05, 0) is 24.5 Å². The number of rotatable bonds is 11. The monoisotopic (exact) mass is 290 g/mol. The van der Waals surface area contributed by atoms with Gasteiger partial charge in [0.2, 0.25) is 0 Å². The molecule has 0 aliphatic carbocycles. The van der Waals surface area contributed by atoms with Gasteiger partial charge in [-0.2, -0.15) is 0 Å². The molecule has 118 valence electrons. The molecule has 0 heterocycles. The van der Waals surface area contributed by atoms with Crippen molar-refractivity contribution in [2.24, 2.45) is 0 Å². The van der Waals surface area contributed by atoms with Crippen molar-refractivity contribution in [2.75, 3.05) is 0 Å². The SMILES string of the molecule is CCCCCCCCCC(=O)Oc1ccccc1CCC. The molecule has 0 atom stereocenters. The first-order chi connectivity index (χ1) is 10.3. The third-order valence-electron chi connectivity index (χ3n) is 3.70. The molecule has 1 aromatic rings. The normalized spacial score (nSPS) is 10.6. The molecule has 0 spiro atoms. The lowest BCUT2D eigenvalue weighted by Gasteiger charge is -2.09. The third-order valence-corrected chi connectivity index (χ3v) is 3.70. The standard InChI is InChI=1S/C19H30O2/c1-3-5-6-7-8-9-10-16-19(20)21-18-15-12-11-14-17(18)13-4-2/h11-12,14-15H,3-10,13,16H2,1-2H3. The highest BCUT2D eigenvalue weighted by Crippen LogP contribution is 2.20. The summed E-state index contributed by atoms with van der Waals surface area (Å²) in [4.78, 5) is 11.9. The smallest absolute Gasteiger partial charge is 0.311 e. The first kappa shape index (κ1) is 17.7. The lowest BCUT2D eigenvalue weighted by atomic mass is 10.1. The van der Waals surface area contributed by atoms with Crippen molar-refractivity contribution in [1.29, 1.82) is 0 Å². The van der Waals surface area contributed by atoms with Crippen LogP contribution in [0.15, 0.2) is 24.3 Å². The summed E-state index contributed by atoms with van der Waals surface area (Å²) in [5.74, 6) is 0.652. The van der Waals surface area contributed by atoms with E-state index >= 15 is 0 Å². The molecular weight excluding hydrogens is 260 g/mol. The van der Waals surface area contributed by atoms with Crippen LogP contribution in [0.3, 0.4) is 0 Å². The average Bonchev–Trinajstić information content (AvgIpc) is 2.48. The zero-order valence-electron chi connectivity index (χ0n) is 13.7. The van der Waals surface area contributed by atoms with Crippen LogP contribution in [0.25, 0.3) is 0 Å². The quantitative estimate of drug-likeness (QED) is 0.297. The van der Waals surface area contributed by atoms with Gasteiger partial charge in [-0.1, -0.05) is 77.0 Å². The van der Waals surface area contributed by atoms with E-state index in [4.69, 9.17) is 4.74 Å². The minimum atomic E-state index is -0.0906. The summed E-state index contributed by atoms with van der Waals surface area (Å²) in [6.45, 7) is 4.36. The van der Waals surface area contributed by atoms with E-state index in [-0.39, 0.29) is 5.97 Å². The minimum absolute atomic E-state index is 0.0906. The van der Waals surface area contributed by atoms with Gasteiger partial charge < -0.3 is 4.74 Å². The van der Waals surface area contributed by atoms with Gasteiger partial charge in [-0.15, -0.1) is 0 Å². The van der Waals surface area contributed by atoms with Crippen molar-refractivity contribution < 1.29 is 9.53 Å². The van der Waals surface area contributed by atoms with Gasteiger partial charge in [0.25, 0.3) is 0 Å². The van der Waals surface area contributed by atoms with Crippen LogP contribution in [0.1, 0.15) is 77.2 Å². The molecule has 2 nitrogen and oxygen atoms in total. The fourth-order valence-electron chi connectivity index (χ4n) is 2.48. The Hall–Kier alpha value is -1.31. The zero-order chi connectivity index (χ0) is 15.3. The molecule has 1 aromatic carbocycles. The maximum atomic E-state index is 11.9. The Bertz CT molecular complexity index is 398. The predicted molar refractivity (Wildman–Crippen MR) is 88.7 cm³/mol. The number of aryl methyl sites for hydroxylation is 1. The van der Waals surface area contributed by atoms with Gasteiger partial charge in [0.1, 0.15) is 5.75 Å². The van der Waals surface area contributed by atoms with Crippen LogP contribution in [0.2, 0.25) is 0 Å². The molecule has 2 heteroatoms. The number of benzene rings is 1. The summed E-state index contributed by atoms with van der Waals surface area (Å²) in [6.07, 6.45) is 11.1. The van der Waals surface area contributed by atoms with Gasteiger partial charge in [0, 0.05) is 6.42 Å². The van der Waals surface area contributed by atoms with E-state index in [1.807, 2.05) is 24.3 Å². The van der Waals surface area contributed by atoms with Gasteiger partial charge in [0.05, 0.1) is 0 Å². The highest BCUT2D eigenvalue weighted by molar-refractivity contribution is 5.72. The van der Waals surface area contributed by atoms with Crippen LogP contribution >= 0.6 is 0 Å². The van der Waals surface area contributed by atoms with E-state index in [1.54, 1.807) is 0 Å². The van der Waals surface area contributed by atoms with Gasteiger partial charge >= 0.3 is 5.97 Å². The molecule has 0 unspecified atom stereocenters. The molecule has 1 rings (SSSR count). The number of para-hydroxylation sites is 1. The Morgan fingerprint density at radius 3 is 2.29 bits per heavy atom. The Morgan fingerprint density at radius 1 is 0.905 bits per heavy atom. The molecule has 0 bridgehead atoms. The fraction of sp³-hybridized carbons (Fsp3) is 0.632. The first-order valence-corrected chi connectivity index (χ1v) is 8.56. The summed E-state index contributed by atoms with van der Waals surface area (Å²) < 4.78 is 5.50. The van der Waals surface area contributed by atoms with Crippen LogP contribution in [-0.4, -0.2) is 5.97 Å². The van der Waals surface area contributed by atoms with Crippen LogP contribution in [0.4, 0.5) is 0 Å². The molecule has 0 saturated heterocycles. The summed E-state index contributed by atoms with van der Waals surface area (Å²) in [7, 11) is 0. The van der Waals surface area contributed by atoms with E-state index in [0.717, 1.165) is 37.0 Å². The number of hydrogen-bond acceptors (Lipinski definition) is 2. The minimum Gasteiger partial charge on any atom is -0.426 e. The van der Waals surface area contributed by atoms with Crippen molar-refractivity contribution in [3.63, 3.8) is 0 Å². The molecule has 0 aliphatic heterocycles. The van der Waals surface area contributed by atoms with E-state index in [1.165, 1.54) is 32.1 Å². The van der Waals surface area contributed by atoms with Crippen molar-refractivity contribution in [3.05, 3.63) is 29.8 Å². The number of carbonyl (C=O) groups excluding carboxylic acids is 1. The topological polar surface area (TPSA) is 26.3 Å². The van der Waals surface area contributed by atoms with Gasteiger partial charge in [0.15, 0.2) is 0 Å². The number of ether oxygens (including phenoxy) is 1. The Labute approximate surface area is 129 Å². The zero-order valence-corrected chi connectivity index (χ0v) is 13.7. The molecule has 0 aliphatic rings. The fourth-order valence-corrected chi connectivity index (χ4v) is 2.48. The van der Waals surface area contributed by atoms with Crippen LogP contribution in [0.5, 0.6) is 5.75 Å². The second-order valence-corrected chi connectivity index (χ2v) is 5.70. The van der Waals surface area contributed by atoms with Crippen LogP contribution in [-0.2, 0) is 11.2 Å². The van der Waals surface area contributed by atoms with Crippen LogP contribution < -0.4 is 4.74 Å². The molecule has 0 fully saturated rings. The number of carbonyl (C=O) groups is 1. The lowest BCUT2D eigenvalue weighted by molar-refractivity contribution is -0.134. The predicted octanol–water partition coefficient (Wildman–Crippen LogP) is 5.69. The van der Waals surface area contributed by atoms with Crippen LogP contribution in [0, 0.1) is 0 Å². The van der Waals surface area contributed by atoms with Gasteiger partial charge in [-0.25, -0.2) is 0 Å². The number of unbranched alkanes of at least 4 members (excludes halogenated alkanes) is 6. The molecule has 0 saturated carbocycles. The number of hydrogen-bond donors (Lipinski definition) is 0. The number of esters is 1. The van der Waals surface area contributed by atoms with Crippen molar-refractivity contribution in [3.8, 4) is 5.75 Å². The second-order valence-electron chi connectivity index (χ2n) is 5.70. The highest BCUT2D eigenvalue weighted by atomic mass is 16.5. The molecule has 0 aromatic heterocycles. The summed E-state index contributed by atoms with van der Waals surface area (Å²) in [5, 5.41) is 0. The largest absolute Gasteiger partial charge is 0.426 e. The van der Waals surface area contributed by atoms with Crippen molar-refractivity contribution in [1.82, 2.24) is 0 Å². The molecular formula is C19H30O2. The maximum absolute atomic E-state index is 11.9. The summed E-state index contributed by atoms with van der Waals surface area (Å²) in [6, 6.07) is 7.86. The molecule has 0 amide bonds. The summed E-state index contributed by atoms with van der Waals surface area (Å²) >= 11 is 0. The molecule has 0 radical (unpaired) electrons. The Morgan fingerprint density at radius 2 is 1.57 bits per heavy atom. The summed E-state index contributed by atoms with van der Waals surface area (Å²) in [5.41, 5.74) is 1.13. The average molecular weight is 290 g/mol. The van der Waals surface area contributed by atoms with Crippen molar-refractivity contribution in [2.45, 2.75) is 78.1 Å². The van der Waals surface area contributed by atoms with E-state index in [9.17, 15) is 4.79 Å². The second kappa shape index (κ2) is 11.4. The van der Waals surface area contributed by atoms with E-state index in [2.05, 4.69) is 13.8 Å². The highest BCUT2D eigenvalue weighted by Gasteiger charge is 2.08. The lowest BCUT2D eigenvalue weighted by Crippen LogP contribution is -2.09. The maximum Gasteiger partial charge on any atom is 0.311 e. The van der Waals surface area contributed by atoms with E-state index < -0.39 is 0 Å². The molecule has 21 heavy (non-hydrogen) atoms.